The highest BCUT2D eigenvalue weighted by atomic mass is 32.2. The number of hydrogen-bond acceptors (Lipinski definition) is 5. The van der Waals surface area contributed by atoms with Crippen LogP contribution < -0.4 is 4.72 Å². The molecule has 0 aliphatic carbocycles. The van der Waals surface area contributed by atoms with E-state index >= 15 is 0 Å². The van der Waals surface area contributed by atoms with Crippen LogP contribution in [0.25, 0.3) is 0 Å². The Hall–Kier alpha value is -2.45. The Morgan fingerprint density at radius 1 is 1.12 bits per heavy atom. The largest absolute Gasteiger partial charge is 0.378 e. The molecule has 3 rings (SSSR count). The van der Waals surface area contributed by atoms with Gasteiger partial charge in [-0.1, -0.05) is 12.1 Å². The third-order valence-corrected chi connectivity index (χ3v) is 5.06. The van der Waals surface area contributed by atoms with Crippen molar-refractivity contribution < 1.29 is 17.9 Å². The molecule has 0 bridgehead atoms. The Bertz CT molecular complexity index is 818. The van der Waals surface area contributed by atoms with Crippen molar-refractivity contribution in [1.82, 2.24) is 9.88 Å². The third kappa shape index (κ3) is 3.55. The number of aromatic nitrogens is 1. The summed E-state index contributed by atoms with van der Waals surface area (Å²) in [6.45, 7) is 1.80. The second-order valence-corrected chi connectivity index (χ2v) is 6.90. The van der Waals surface area contributed by atoms with Crippen molar-refractivity contribution in [3.63, 3.8) is 0 Å². The van der Waals surface area contributed by atoms with E-state index in [0.717, 1.165) is 0 Å². The Kier molecular flexibility index (Phi) is 4.77. The van der Waals surface area contributed by atoms with Crippen LogP contribution in [0, 0.1) is 0 Å². The number of carbonyl (C=O) groups is 1. The van der Waals surface area contributed by atoms with E-state index in [9.17, 15) is 13.2 Å². The summed E-state index contributed by atoms with van der Waals surface area (Å²) in [5.74, 6) is -0.314. The van der Waals surface area contributed by atoms with Gasteiger partial charge in [0.25, 0.3) is 15.9 Å². The van der Waals surface area contributed by atoms with Crippen molar-refractivity contribution in [2.45, 2.75) is 4.90 Å². The summed E-state index contributed by atoms with van der Waals surface area (Å²) in [5.41, 5.74) is 0.488. The van der Waals surface area contributed by atoms with Crippen LogP contribution in [-0.4, -0.2) is 50.5 Å². The van der Waals surface area contributed by atoms with Gasteiger partial charge in [-0.15, -0.1) is 0 Å². The number of benzene rings is 1. The van der Waals surface area contributed by atoms with Crippen LogP contribution in [0.2, 0.25) is 0 Å². The molecular weight excluding hydrogens is 330 g/mol. The lowest BCUT2D eigenvalue weighted by Crippen LogP contribution is -2.41. The third-order valence-electron chi connectivity index (χ3n) is 3.62. The topological polar surface area (TPSA) is 88.6 Å². The first kappa shape index (κ1) is 16.4. The van der Waals surface area contributed by atoms with E-state index in [4.69, 9.17) is 4.74 Å². The molecule has 1 fully saturated rings. The molecule has 7 nitrogen and oxygen atoms in total. The summed E-state index contributed by atoms with van der Waals surface area (Å²) in [5, 5.41) is 0. The van der Waals surface area contributed by atoms with Crippen molar-refractivity contribution in [2.24, 2.45) is 0 Å². The number of nitrogens with zero attached hydrogens (tertiary/aromatic N) is 2. The van der Waals surface area contributed by atoms with Crippen molar-refractivity contribution >= 4 is 21.6 Å². The molecule has 1 amide bonds. The van der Waals surface area contributed by atoms with Gasteiger partial charge in [0.1, 0.15) is 4.90 Å². The van der Waals surface area contributed by atoms with Crippen molar-refractivity contribution in [2.75, 3.05) is 31.0 Å². The second-order valence-electron chi connectivity index (χ2n) is 5.25. The predicted octanol–water partition coefficient (Wildman–Crippen LogP) is 1.35. The molecule has 1 aliphatic rings. The van der Waals surface area contributed by atoms with Gasteiger partial charge in [0, 0.05) is 19.3 Å². The number of morpholine rings is 1. The minimum Gasteiger partial charge on any atom is -0.378 e. The lowest BCUT2D eigenvalue weighted by molar-refractivity contribution is 0.0300. The fraction of sp³-hybridized carbons (Fsp3) is 0.250. The van der Waals surface area contributed by atoms with Gasteiger partial charge in [0.15, 0.2) is 0 Å². The smallest absolute Gasteiger partial charge is 0.262 e. The zero-order valence-electron chi connectivity index (χ0n) is 12.9. The minimum atomic E-state index is -3.90. The monoisotopic (exact) mass is 347 g/mol. The fourth-order valence-corrected chi connectivity index (χ4v) is 3.69. The number of anilines is 1. The molecule has 1 saturated heterocycles. The van der Waals surface area contributed by atoms with Gasteiger partial charge in [-0.3, -0.25) is 14.5 Å². The summed E-state index contributed by atoms with van der Waals surface area (Å²) in [7, 11) is -3.90. The summed E-state index contributed by atoms with van der Waals surface area (Å²) >= 11 is 0. The Morgan fingerprint density at radius 3 is 2.58 bits per heavy atom. The molecule has 2 aromatic rings. The summed E-state index contributed by atoms with van der Waals surface area (Å²) < 4.78 is 33.0. The molecule has 8 heteroatoms. The van der Waals surface area contributed by atoms with Gasteiger partial charge in [0.05, 0.1) is 30.7 Å². The van der Waals surface area contributed by atoms with Gasteiger partial charge >= 0.3 is 0 Å². The van der Waals surface area contributed by atoms with Crippen molar-refractivity contribution in [3.05, 3.63) is 54.4 Å². The molecule has 1 aromatic carbocycles. The summed E-state index contributed by atoms with van der Waals surface area (Å²) in [4.78, 5) is 18.1. The Morgan fingerprint density at radius 2 is 1.88 bits per heavy atom. The average Bonchev–Trinajstić information content (AvgIpc) is 2.62. The van der Waals surface area contributed by atoms with E-state index in [2.05, 4.69) is 9.71 Å². The van der Waals surface area contributed by atoms with E-state index < -0.39 is 10.0 Å². The molecule has 0 saturated carbocycles. The second kappa shape index (κ2) is 6.98. The van der Waals surface area contributed by atoms with Crippen LogP contribution in [0.15, 0.2) is 53.7 Å². The molecular formula is C16H17N3O4S. The van der Waals surface area contributed by atoms with E-state index in [1.165, 1.54) is 18.3 Å². The summed E-state index contributed by atoms with van der Waals surface area (Å²) in [6.07, 6.45) is 2.96. The fourth-order valence-electron chi connectivity index (χ4n) is 2.45. The lowest BCUT2D eigenvalue weighted by Gasteiger charge is -2.27. The highest BCUT2D eigenvalue weighted by molar-refractivity contribution is 7.92. The molecule has 0 spiro atoms. The molecule has 2 heterocycles. The highest BCUT2D eigenvalue weighted by Crippen LogP contribution is 2.21. The number of pyridine rings is 1. The quantitative estimate of drug-likeness (QED) is 0.902. The van der Waals surface area contributed by atoms with Crippen LogP contribution >= 0.6 is 0 Å². The van der Waals surface area contributed by atoms with Gasteiger partial charge < -0.3 is 9.64 Å². The number of sulfonamides is 1. The number of ether oxygens (including phenoxy) is 1. The van der Waals surface area contributed by atoms with E-state index in [0.29, 0.717) is 32.0 Å². The number of amides is 1. The zero-order chi connectivity index (χ0) is 17.0. The number of carbonyl (C=O) groups excluding carboxylic acids is 1. The van der Waals surface area contributed by atoms with Crippen LogP contribution in [0.5, 0.6) is 0 Å². The number of rotatable bonds is 4. The van der Waals surface area contributed by atoms with E-state index in [1.807, 2.05) is 0 Å². The SMILES string of the molecule is O=C(c1ccccc1S(=O)(=O)Nc1cccnc1)N1CCOCC1. The zero-order valence-corrected chi connectivity index (χ0v) is 13.7. The normalized spacial score (nSPS) is 15.1. The number of hydrogen-bond donors (Lipinski definition) is 1. The molecule has 126 valence electrons. The lowest BCUT2D eigenvalue weighted by atomic mass is 10.2. The van der Waals surface area contributed by atoms with Crippen LogP contribution in [0.3, 0.4) is 0 Å². The van der Waals surface area contributed by atoms with Crippen LogP contribution in [-0.2, 0) is 14.8 Å². The maximum Gasteiger partial charge on any atom is 0.262 e. The van der Waals surface area contributed by atoms with Gasteiger partial charge in [-0.05, 0) is 24.3 Å². The highest BCUT2D eigenvalue weighted by Gasteiger charge is 2.26. The van der Waals surface area contributed by atoms with Crippen molar-refractivity contribution in [3.8, 4) is 0 Å². The molecule has 0 unspecified atom stereocenters. The maximum absolute atomic E-state index is 12.7. The Labute approximate surface area is 140 Å². The molecule has 24 heavy (non-hydrogen) atoms. The molecule has 0 radical (unpaired) electrons. The maximum atomic E-state index is 12.7. The van der Waals surface area contributed by atoms with E-state index in [1.54, 1.807) is 35.4 Å². The summed E-state index contributed by atoms with van der Waals surface area (Å²) in [6, 6.07) is 9.41. The Balaban J connectivity index is 1.92. The first-order valence-corrected chi connectivity index (χ1v) is 8.95. The first-order valence-electron chi connectivity index (χ1n) is 7.47. The molecule has 0 atom stereocenters. The first-order chi connectivity index (χ1) is 11.6. The van der Waals surface area contributed by atoms with Gasteiger partial charge in [-0.25, -0.2) is 8.42 Å². The van der Waals surface area contributed by atoms with Gasteiger partial charge in [-0.2, -0.15) is 0 Å². The van der Waals surface area contributed by atoms with Crippen molar-refractivity contribution in [1.29, 1.82) is 0 Å². The average molecular weight is 347 g/mol. The standard InChI is InChI=1S/C16H17N3O4S/c20-16(19-8-10-23-11-9-19)14-5-1-2-6-15(14)24(21,22)18-13-4-3-7-17-12-13/h1-7,12,18H,8-11H2. The molecule has 1 aliphatic heterocycles. The minimum absolute atomic E-state index is 0.0506. The molecule has 1 aromatic heterocycles. The van der Waals surface area contributed by atoms with E-state index in [-0.39, 0.29) is 16.4 Å². The molecule has 1 N–H and O–H groups in total. The van der Waals surface area contributed by atoms with Crippen LogP contribution in [0.4, 0.5) is 5.69 Å². The van der Waals surface area contributed by atoms with Crippen LogP contribution in [0.1, 0.15) is 10.4 Å². The number of nitrogens with one attached hydrogen (secondary N) is 1. The predicted molar refractivity (Wildman–Crippen MR) is 88.2 cm³/mol. The van der Waals surface area contributed by atoms with Gasteiger partial charge in [0.2, 0.25) is 0 Å².